The maximum Gasteiger partial charge on any atom is 0.189 e. The maximum absolute atomic E-state index is 9.39. The number of aliphatic hydroxyl groups excluding tert-OH is 2. The third-order valence-corrected chi connectivity index (χ3v) is 6.05. The normalized spacial score (nSPS) is 42.7. The van der Waals surface area contributed by atoms with E-state index in [1.807, 2.05) is 27.7 Å². The predicted octanol–water partition coefficient (Wildman–Crippen LogP) is 2.66. The van der Waals surface area contributed by atoms with Crippen molar-refractivity contribution in [1.29, 1.82) is 0 Å². The summed E-state index contributed by atoms with van der Waals surface area (Å²) in [5.41, 5.74) is -1.31. The van der Waals surface area contributed by atoms with Gasteiger partial charge in [0, 0.05) is 100.0 Å². The van der Waals surface area contributed by atoms with Crippen molar-refractivity contribution in [1.82, 2.24) is 0 Å². The second kappa shape index (κ2) is 13.0. The van der Waals surface area contributed by atoms with Gasteiger partial charge in [-0.15, -0.1) is 12.8 Å². The van der Waals surface area contributed by atoms with Crippen LogP contribution < -0.4 is 0 Å². The predicted molar refractivity (Wildman–Crippen MR) is 107 cm³/mol. The van der Waals surface area contributed by atoms with Gasteiger partial charge >= 0.3 is 0 Å². The van der Waals surface area contributed by atoms with Gasteiger partial charge in [0.2, 0.25) is 0 Å². The van der Waals surface area contributed by atoms with Crippen LogP contribution in [0.25, 0.3) is 0 Å². The molecule has 8 heteroatoms. The van der Waals surface area contributed by atoms with Crippen molar-refractivity contribution in [2.45, 2.75) is 104 Å². The van der Waals surface area contributed by atoms with Crippen LogP contribution in [0.15, 0.2) is 0 Å². The first-order chi connectivity index (χ1) is 12.5. The molecule has 30 heavy (non-hydrogen) atoms. The van der Waals surface area contributed by atoms with Crippen LogP contribution in [0.4, 0.5) is 0 Å². The first kappa shape index (κ1) is 33.9. The maximum atomic E-state index is 9.39. The number of terminal acetylenes is 2. The topological polar surface area (TPSA) is 77.4 Å². The Morgan fingerprint density at radius 2 is 1.30 bits per heavy atom. The van der Waals surface area contributed by atoms with E-state index in [0.717, 1.165) is 6.42 Å². The quantitative estimate of drug-likeness (QED) is 0.417. The molecule has 0 saturated carbocycles. The summed E-state index contributed by atoms with van der Waals surface area (Å²) in [7, 11) is 0. The molecule has 2 N–H and O–H groups in total. The van der Waals surface area contributed by atoms with Crippen LogP contribution >= 0.6 is 0 Å². The summed E-state index contributed by atoms with van der Waals surface area (Å²) in [5.74, 6) is 4.63. The first-order valence-corrected chi connectivity index (χ1v) is 9.54. The van der Waals surface area contributed by atoms with Crippen molar-refractivity contribution < 1.29 is 117 Å². The summed E-state index contributed by atoms with van der Waals surface area (Å²) < 4.78 is 22.4. The third-order valence-electron chi connectivity index (χ3n) is 6.05. The van der Waals surface area contributed by atoms with Gasteiger partial charge in [-0.1, -0.05) is 47.0 Å². The van der Waals surface area contributed by atoms with Crippen molar-refractivity contribution in [2.75, 3.05) is 0 Å². The van der Waals surface area contributed by atoms with E-state index < -0.39 is 29.4 Å². The number of ether oxygens (including phenoxy) is 4. The summed E-state index contributed by atoms with van der Waals surface area (Å²) in [6.07, 6.45) is 9.85. The van der Waals surface area contributed by atoms with E-state index >= 15 is 0 Å². The fourth-order valence-corrected chi connectivity index (χ4v) is 4.03. The van der Waals surface area contributed by atoms with E-state index in [-0.39, 0.29) is 120 Å². The molecule has 0 aromatic carbocycles. The Hall–Kier alpha value is 1.76. The van der Waals surface area contributed by atoms with Gasteiger partial charge in [-0.05, 0) is 26.7 Å². The summed E-state index contributed by atoms with van der Waals surface area (Å²) in [6, 6.07) is 0. The molecular formula is C22H36Ac2O6. The molecule has 3 aliphatic rings. The first-order valence-electron chi connectivity index (χ1n) is 9.54. The zero-order valence-electron chi connectivity index (χ0n) is 18.2. The molecule has 3 aliphatic heterocycles. The van der Waals surface area contributed by atoms with E-state index in [9.17, 15) is 10.2 Å². The minimum Gasteiger partial charge on any atom is -0.387 e. The van der Waals surface area contributed by atoms with Gasteiger partial charge in [-0.3, -0.25) is 0 Å². The van der Waals surface area contributed by atoms with Crippen LogP contribution in [0.1, 0.15) is 61.8 Å². The van der Waals surface area contributed by atoms with E-state index in [1.54, 1.807) is 6.92 Å². The molecule has 3 heterocycles. The molecule has 0 bridgehead atoms. The molecule has 3 fully saturated rings. The fraction of sp³-hybridized carbons (Fsp3) is 0.818. The van der Waals surface area contributed by atoms with Crippen LogP contribution in [0.5, 0.6) is 0 Å². The Morgan fingerprint density at radius 1 is 0.833 bits per heavy atom. The molecule has 6 nitrogen and oxygen atoms in total. The minimum atomic E-state index is -1.14. The number of hydrogen-bond acceptors (Lipinski definition) is 6. The monoisotopic (exact) mass is 850 g/mol. The van der Waals surface area contributed by atoms with Gasteiger partial charge < -0.3 is 29.2 Å². The van der Waals surface area contributed by atoms with Crippen LogP contribution in [-0.2, 0) is 18.9 Å². The Bertz CT molecular complexity index is 630. The molecule has 166 valence electrons. The molecule has 8 atom stereocenters. The standard InChI is InChI=1S/C12H18O3.C9H14O3.CH4.2Ac/c1-6-12(7-2)8(3)9-10(15-12)14-11(4,5)13-9;1-4-9(5-2)6(3)7(10)8(11)12-9;;;/h1,8-10H,7H2,2-5H3;1,6-8,10-11H,5H2,2-3H3;1H4;;/t8?,9?,10-,12-;6?,7?,8?,9-;;;/m11.../s1. The van der Waals surface area contributed by atoms with Crippen LogP contribution in [0.2, 0.25) is 0 Å². The van der Waals surface area contributed by atoms with E-state index in [4.69, 9.17) is 31.8 Å². The Morgan fingerprint density at radius 3 is 1.60 bits per heavy atom. The Labute approximate surface area is 254 Å². The van der Waals surface area contributed by atoms with Crippen LogP contribution in [0, 0.1) is 125 Å². The smallest absolute Gasteiger partial charge is 0.189 e. The molecule has 3 rings (SSSR count). The fourth-order valence-electron chi connectivity index (χ4n) is 4.03. The molecule has 2 radical (unpaired) electrons. The summed E-state index contributed by atoms with van der Waals surface area (Å²) >= 11 is 0. The van der Waals surface area contributed by atoms with E-state index in [1.165, 1.54) is 0 Å². The molecule has 0 spiro atoms. The van der Waals surface area contributed by atoms with Gasteiger partial charge in [0.15, 0.2) is 18.4 Å². The minimum absolute atomic E-state index is 0. The average molecular weight is 851 g/mol. The van der Waals surface area contributed by atoms with Gasteiger partial charge in [-0.25, -0.2) is 0 Å². The average Bonchev–Trinajstić information content (AvgIpc) is 3.16. The second-order valence-corrected chi connectivity index (χ2v) is 7.94. The summed E-state index contributed by atoms with van der Waals surface area (Å²) in [4.78, 5) is 0. The number of hydrogen-bond donors (Lipinski definition) is 2. The van der Waals surface area contributed by atoms with Crippen molar-refractivity contribution in [3.05, 3.63) is 0 Å². The van der Waals surface area contributed by atoms with Gasteiger partial charge in [0.25, 0.3) is 0 Å². The van der Waals surface area contributed by atoms with E-state index in [0.29, 0.717) is 6.42 Å². The van der Waals surface area contributed by atoms with Crippen molar-refractivity contribution in [3.63, 3.8) is 0 Å². The third kappa shape index (κ3) is 6.45. The SMILES string of the molecule is C.C#C[C@]1(CC)OC(O)C(O)C1C.C#C[C@]1(CC)O[C@H]2OC(C)(C)OC2C1C.[Ac].[Ac]. The largest absolute Gasteiger partial charge is 0.387 e. The Kier molecular flexibility index (Phi) is 14.7. The van der Waals surface area contributed by atoms with Gasteiger partial charge in [0.05, 0.1) is 0 Å². The zero-order chi connectivity index (χ0) is 20.6. The molecule has 3 saturated heterocycles. The van der Waals surface area contributed by atoms with Crippen molar-refractivity contribution in [2.24, 2.45) is 11.8 Å². The Balaban J connectivity index is 0. The molecule has 0 aliphatic carbocycles. The van der Waals surface area contributed by atoms with Crippen molar-refractivity contribution >= 4 is 0 Å². The zero-order valence-corrected chi connectivity index (χ0v) is 27.7. The summed E-state index contributed by atoms with van der Waals surface area (Å²) in [5, 5.41) is 18.6. The number of fused-ring (bicyclic) bond motifs is 1. The van der Waals surface area contributed by atoms with Gasteiger partial charge in [0.1, 0.15) is 23.4 Å². The van der Waals surface area contributed by atoms with E-state index in [2.05, 4.69) is 18.8 Å². The molecular weight excluding hydrogens is 814 g/mol. The molecule has 0 aromatic heterocycles. The van der Waals surface area contributed by atoms with Crippen LogP contribution in [-0.4, -0.2) is 52.0 Å². The van der Waals surface area contributed by atoms with Crippen LogP contribution in [0.3, 0.4) is 0 Å². The van der Waals surface area contributed by atoms with Crippen molar-refractivity contribution in [3.8, 4) is 24.7 Å². The number of aliphatic hydroxyl groups is 2. The van der Waals surface area contributed by atoms with Gasteiger partial charge in [-0.2, -0.15) is 0 Å². The summed E-state index contributed by atoms with van der Waals surface area (Å²) in [6.45, 7) is 11.5. The molecule has 0 aromatic rings. The number of rotatable bonds is 2. The molecule has 0 amide bonds. The molecule has 5 unspecified atom stereocenters. The second-order valence-electron chi connectivity index (χ2n) is 7.94.